The molecule has 112 valence electrons. The van der Waals surface area contributed by atoms with Crippen LogP contribution in [0.2, 0.25) is 5.15 Å². The van der Waals surface area contributed by atoms with Crippen molar-refractivity contribution in [1.82, 2.24) is 9.97 Å². The number of nitrogens with zero attached hydrogens (tertiary/aromatic N) is 2. The fraction of sp³-hybridized carbons (Fsp3) is 0.375. The summed E-state index contributed by atoms with van der Waals surface area (Å²) in [6, 6.07) is 7.76. The van der Waals surface area contributed by atoms with Crippen molar-refractivity contribution in [3.05, 3.63) is 38.7 Å². The summed E-state index contributed by atoms with van der Waals surface area (Å²) >= 11 is 8.49. The van der Waals surface area contributed by atoms with E-state index < -0.39 is 0 Å². The summed E-state index contributed by atoms with van der Waals surface area (Å²) in [6.07, 6.45) is 0. The molecule has 3 nitrogen and oxygen atoms in total. The summed E-state index contributed by atoms with van der Waals surface area (Å²) in [5.74, 6) is 1.44. The van der Waals surface area contributed by atoms with Crippen LogP contribution in [0.25, 0.3) is 11.4 Å². The molecule has 0 aliphatic rings. The maximum absolute atomic E-state index is 6.29. The Hall–Kier alpha value is -0.880. The molecule has 0 saturated carbocycles. The molecule has 0 atom stereocenters. The molecule has 1 aromatic carbocycles. The number of benzene rings is 1. The standard InChI is InChI=1S/C16H18ClIN2O/c1-5-21-11-8-6-7-10(9-11)15-19-13(16(2,3)4)12(18)14(17)20-15/h6-9H,5H2,1-4H3. The lowest BCUT2D eigenvalue weighted by atomic mass is 9.92. The molecule has 0 spiro atoms. The highest BCUT2D eigenvalue weighted by Crippen LogP contribution is 2.32. The Morgan fingerprint density at radius 3 is 2.57 bits per heavy atom. The van der Waals surface area contributed by atoms with E-state index in [-0.39, 0.29) is 5.41 Å². The molecular formula is C16H18ClIN2O. The molecule has 2 rings (SSSR count). The molecular weight excluding hydrogens is 399 g/mol. The van der Waals surface area contributed by atoms with Gasteiger partial charge in [0.2, 0.25) is 0 Å². The highest BCUT2D eigenvalue weighted by molar-refractivity contribution is 14.1. The Morgan fingerprint density at radius 1 is 1.24 bits per heavy atom. The van der Waals surface area contributed by atoms with Gasteiger partial charge >= 0.3 is 0 Å². The molecule has 5 heteroatoms. The van der Waals surface area contributed by atoms with Crippen LogP contribution >= 0.6 is 34.2 Å². The molecule has 0 amide bonds. The molecule has 0 radical (unpaired) electrons. The van der Waals surface area contributed by atoms with Gasteiger partial charge in [-0.2, -0.15) is 0 Å². The van der Waals surface area contributed by atoms with Gasteiger partial charge in [0.05, 0.1) is 15.9 Å². The summed E-state index contributed by atoms with van der Waals surface area (Å²) in [4.78, 5) is 9.13. The minimum absolute atomic E-state index is 0.0879. The van der Waals surface area contributed by atoms with E-state index >= 15 is 0 Å². The average Bonchev–Trinajstić information content (AvgIpc) is 2.41. The third-order valence-corrected chi connectivity index (χ3v) is 4.54. The van der Waals surface area contributed by atoms with Crippen molar-refractivity contribution >= 4 is 34.2 Å². The highest BCUT2D eigenvalue weighted by Gasteiger charge is 2.23. The van der Waals surface area contributed by atoms with E-state index in [9.17, 15) is 0 Å². The zero-order valence-corrected chi connectivity index (χ0v) is 15.5. The zero-order chi connectivity index (χ0) is 15.6. The summed E-state index contributed by atoms with van der Waals surface area (Å²) in [6.45, 7) is 8.95. The van der Waals surface area contributed by atoms with Crippen molar-refractivity contribution < 1.29 is 4.74 Å². The number of aromatic nitrogens is 2. The van der Waals surface area contributed by atoms with E-state index in [4.69, 9.17) is 21.3 Å². The predicted octanol–water partition coefficient (Wildman–Crippen LogP) is 5.10. The average molecular weight is 417 g/mol. The summed E-state index contributed by atoms with van der Waals surface area (Å²) in [5.41, 5.74) is 1.78. The lowest BCUT2D eigenvalue weighted by molar-refractivity contribution is 0.340. The highest BCUT2D eigenvalue weighted by atomic mass is 127. The predicted molar refractivity (Wildman–Crippen MR) is 95.1 cm³/mol. The molecule has 0 saturated heterocycles. The summed E-state index contributed by atoms with van der Waals surface area (Å²) < 4.78 is 6.44. The van der Waals surface area contributed by atoms with Crippen LogP contribution in [0.1, 0.15) is 33.4 Å². The van der Waals surface area contributed by atoms with Crippen LogP contribution in [0.3, 0.4) is 0 Å². The summed E-state index contributed by atoms with van der Waals surface area (Å²) in [5, 5.41) is 0.493. The monoisotopic (exact) mass is 416 g/mol. The van der Waals surface area contributed by atoms with E-state index in [0.29, 0.717) is 17.6 Å². The van der Waals surface area contributed by atoms with Crippen molar-refractivity contribution in [2.45, 2.75) is 33.1 Å². The van der Waals surface area contributed by atoms with Crippen LogP contribution in [0.15, 0.2) is 24.3 Å². The first-order valence-corrected chi connectivity index (χ1v) is 8.25. The van der Waals surface area contributed by atoms with Crippen LogP contribution in [0, 0.1) is 3.57 Å². The minimum Gasteiger partial charge on any atom is -0.494 e. The second-order valence-electron chi connectivity index (χ2n) is 5.71. The molecule has 0 aliphatic carbocycles. The molecule has 0 aliphatic heterocycles. The van der Waals surface area contributed by atoms with Gasteiger partial charge in [0.25, 0.3) is 0 Å². The molecule has 0 N–H and O–H groups in total. The maximum atomic E-state index is 6.29. The first-order chi connectivity index (χ1) is 9.82. The third kappa shape index (κ3) is 3.86. The van der Waals surface area contributed by atoms with Crippen molar-refractivity contribution in [2.24, 2.45) is 0 Å². The maximum Gasteiger partial charge on any atom is 0.161 e. The lowest BCUT2D eigenvalue weighted by Crippen LogP contribution is -2.17. The van der Waals surface area contributed by atoms with Gasteiger partial charge in [-0.1, -0.05) is 44.5 Å². The molecule has 21 heavy (non-hydrogen) atoms. The lowest BCUT2D eigenvalue weighted by Gasteiger charge is -2.20. The number of hydrogen-bond donors (Lipinski definition) is 0. The summed E-state index contributed by atoms with van der Waals surface area (Å²) in [7, 11) is 0. The molecule has 0 bridgehead atoms. The number of hydrogen-bond acceptors (Lipinski definition) is 3. The Balaban J connectivity index is 2.54. The Bertz CT molecular complexity index is 653. The second-order valence-corrected chi connectivity index (χ2v) is 7.15. The van der Waals surface area contributed by atoms with Gasteiger partial charge in [-0.05, 0) is 41.6 Å². The van der Waals surface area contributed by atoms with Gasteiger partial charge in [0.1, 0.15) is 10.9 Å². The van der Waals surface area contributed by atoms with E-state index in [2.05, 4.69) is 48.3 Å². The smallest absolute Gasteiger partial charge is 0.161 e. The molecule has 0 fully saturated rings. The molecule has 2 aromatic rings. The topological polar surface area (TPSA) is 35.0 Å². The van der Waals surface area contributed by atoms with Crippen molar-refractivity contribution in [2.75, 3.05) is 6.61 Å². The second kappa shape index (κ2) is 6.48. The van der Waals surface area contributed by atoms with Crippen LogP contribution in [0.4, 0.5) is 0 Å². The van der Waals surface area contributed by atoms with Gasteiger partial charge < -0.3 is 4.74 Å². The SMILES string of the molecule is CCOc1cccc(-c2nc(Cl)c(I)c(C(C)(C)C)n2)c1. The van der Waals surface area contributed by atoms with Gasteiger partial charge in [-0.25, -0.2) is 9.97 Å². The van der Waals surface area contributed by atoms with E-state index in [1.165, 1.54) is 0 Å². The third-order valence-electron chi connectivity index (χ3n) is 2.92. The number of ether oxygens (including phenoxy) is 1. The Labute approximate surface area is 144 Å². The van der Waals surface area contributed by atoms with Crippen LogP contribution in [-0.4, -0.2) is 16.6 Å². The van der Waals surface area contributed by atoms with Gasteiger partial charge in [-0.15, -0.1) is 0 Å². The van der Waals surface area contributed by atoms with E-state index in [1.807, 2.05) is 31.2 Å². The first-order valence-electron chi connectivity index (χ1n) is 6.79. The molecule has 0 unspecified atom stereocenters. The van der Waals surface area contributed by atoms with Gasteiger partial charge in [0.15, 0.2) is 5.82 Å². The number of halogens is 2. The first kappa shape index (κ1) is 16.5. The van der Waals surface area contributed by atoms with E-state index in [1.54, 1.807) is 0 Å². The van der Waals surface area contributed by atoms with Gasteiger partial charge in [0, 0.05) is 11.0 Å². The quantitative estimate of drug-likeness (QED) is 0.516. The Morgan fingerprint density at radius 2 is 1.95 bits per heavy atom. The minimum atomic E-state index is -0.0879. The Kier molecular flexibility index (Phi) is 5.09. The molecule has 1 aromatic heterocycles. The fourth-order valence-corrected chi connectivity index (χ4v) is 3.16. The number of rotatable bonds is 3. The van der Waals surface area contributed by atoms with E-state index in [0.717, 1.165) is 20.6 Å². The van der Waals surface area contributed by atoms with Gasteiger partial charge in [-0.3, -0.25) is 0 Å². The fourth-order valence-electron chi connectivity index (χ4n) is 1.94. The van der Waals surface area contributed by atoms with Crippen molar-refractivity contribution in [1.29, 1.82) is 0 Å². The zero-order valence-electron chi connectivity index (χ0n) is 12.6. The largest absolute Gasteiger partial charge is 0.494 e. The van der Waals surface area contributed by atoms with Crippen LogP contribution in [0.5, 0.6) is 5.75 Å². The van der Waals surface area contributed by atoms with Crippen LogP contribution in [-0.2, 0) is 5.41 Å². The van der Waals surface area contributed by atoms with Crippen molar-refractivity contribution in [3.8, 4) is 17.1 Å². The molecule has 1 heterocycles. The van der Waals surface area contributed by atoms with Crippen molar-refractivity contribution in [3.63, 3.8) is 0 Å². The normalized spacial score (nSPS) is 11.5. The van der Waals surface area contributed by atoms with Crippen LogP contribution < -0.4 is 4.74 Å².